The maximum absolute atomic E-state index is 13.0. The molecule has 0 radical (unpaired) electrons. The van der Waals surface area contributed by atoms with Gasteiger partial charge in [0.25, 0.3) is 0 Å². The van der Waals surface area contributed by atoms with Crippen LogP contribution in [0.25, 0.3) is 5.57 Å². The van der Waals surface area contributed by atoms with Crippen molar-refractivity contribution in [1.82, 2.24) is 4.98 Å². The summed E-state index contributed by atoms with van der Waals surface area (Å²) in [6.07, 6.45) is 0. The number of amidine groups is 1. The summed E-state index contributed by atoms with van der Waals surface area (Å²) in [5.41, 5.74) is 2.04. The van der Waals surface area contributed by atoms with E-state index in [9.17, 15) is 9.50 Å². The molecule has 0 saturated carbocycles. The highest BCUT2D eigenvalue weighted by atomic mass is 32.1. The number of anilines is 1. The number of halogens is 1. The smallest absolute Gasteiger partial charge is 0.139 e. The first-order valence-electron chi connectivity index (χ1n) is 6.46. The molecule has 2 aromatic rings. The fourth-order valence-corrected chi connectivity index (χ4v) is 3.21. The zero-order valence-electron chi connectivity index (χ0n) is 11.6. The minimum atomic E-state index is -0.326. The number of hydrogen-bond donors (Lipinski definition) is 2. The summed E-state index contributed by atoms with van der Waals surface area (Å²) >= 11 is 1.46. The average molecular weight is 303 g/mol. The lowest BCUT2D eigenvalue weighted by Gasteiger charge is -2.18. The standard InChI is InChI=1S/C15H14FN3OS/c1-8-9(2)21-15(18-8)13-12(20)7-19(14(13)17)11-5-3-10(16)4-6-11/h3-6,17,20H,7H2,1-2H3. The Balaban J connectivity index is 1.95. The zero-order chi connectivity index (χ0) is 15.1. The summed E-state index contributed by atoms with van der Waals surface area (Å²) < 4.78 is 13.0. The molecule has 3 rings (SSSR count). The third kappa shape index (κ3) is 2.31. The van der Waals surface area contributed by atoms with Gasteiger partial charge >= 0.3 is 0 Å². The van der Waals surface area contributed by atoms with E-state index in [1.54, 1.807) is 17.0 Å². The molecule has 4 nitrogen and oxygen atoms in total. The van der Waals surface area contributed by atoms with Gasteiger partial charge in [-0.1, -0.05) is 0 Å². The van der Waals surface area contributed by atoms with E-state index in [0.717, 1.165) is 10.6 Å². The van der Waals surface area contributed by atoms with Gasteiger partial charge in [-0.3, -0.25) is 5.41 Å². The largest absolute Gasteiger partial charge is 0.510 e. The van der Waals surface area contributed by atoms with Gasteiger partial charge in [-0.25, -0.2) is 9.37 Å². The van der Waals surface area contributed by atoms with E-state index in [0.29, 0.717) is 16.3 Å². The molecule has 1 aromatic carbocycles. The van der Waals surface area contributed by atoms with E-state index >= 15 is 0 Å². The fourth-order valence-electron chi connectivity index (χ4n) is 2.23. The van der Waals surface area contributed by atoms with E-state index in [-0.39, 0.29) is 24.0 Å². The normalized spacial score (nSPS) is 15.2. The van der Waals surface area contributed by atoms with Gasteiger partial charge in [0.1, 0.15) is 22.4 Å². The van der Waals surface area contributed by atoms with Crippen LogP contribution >= 0.6 is 11.3 Å². The predicted octanol–water partition coefficient (Wildman–Crippen LogP) is 3.67. The molecule has 0 amide bonds. The van der Waals surface area contributed by atoms with E-state index in [2.05, 4.69) is 4.98 Å². The van der Waals surface area contributed by atoms with Gasteiger partial charge in [0.2, 0.25) is 0 Å². The quantitative estimate of drug-likeness (QED) is 0.890. The topological polar surface area (TPSA) is 60.2 Å². The van der Waals surface area contributed by atoms with Gasteiger partial charge in [0.15, 0.2) is 0 Å². The molecule has 0 spiro atoms. The Morgan fingerprint density at radius 3 is 2.52 bits per heavy atom. The monoisotopic (exact) mass is 303 g/mol. The highest BCUT2D eigenvalue weighted by Gasteiger charge is 2.31. The van der Waals surface area contributed by atoms with Crippen molar-refractivity contribution in [2.75, 3.05) is 11.4 Å². The number of aliphatic hydroxyl groups excluding tert-OH is 1. The molecule has 0 saturated heterocycles. The Bertz CT molecular complexity index is 729. The van der Waals surface area contributed by atoms with E-state index in [4.69, 9.17) is 5.41 Å². The molecule has 6 heteroatoms. The molecule has 1 aliphatic rings. The van der Waals surface area contributed by atoms with Crippen LogP contribution in [0.3, 0.4) is 0 Å². The minimum Gasteiger partial charge on any atom is -0.510 e. The van der Waals surface area contributed by atoms with Crippen LogP contribution in [-0.2, 0) is 0 Å². The molecule has 0 atom stereocenters. The van der Waals surface area contributed by atoms with Crippen LogP contribution in [0.5, 0.6) is 0 Å². The Kier molecular flexibility index (Phi) is 3.25. The van der Waals surface area contributed by atoms with Crippen molar-refractivity contribution in [2.24, 2.45) is 0 Å². The fraction of sp³-hybridized carbons (Fsp3) is 0.200. The lowest BCUT2D eigenvalue weighted by atomic mass is 10.2. The Hall–Kier alpha value is -2.21. The molecule has 0 fully saturated rings. The highest BCUT2D eigenvalue weighted by molar-refractivity contribution is 7.13. The molecule has 2 heterocycles. The molecule has 0 unspecified atom stereocenters. The summed E-state index contributed by atoms with van der Waals surface area (Å²) in [5, 5.41) is 19.1. The maximum Gasteiger partial charge on any atom is 0.139 e. The summed E-state index contributed by atoms with van der Waals surface area (Å²) in [6, 6.07) is 5.88. The summed E-state index contributed by atoms with van der Waals surface area (Å²) in [7, 11) is 0. The van der Waals surface area contributed by atoms with Crippen LogP contribution in [0.1, 0.15) is 15.6 Å². The van der Waals surface area contributed by atoms with Gasteiger partial charge in [0.05, 0.1) is 17.8 Å². The SMILES string of the molecule is Cc1nc(C2=C(O)CN(c3ccc(F)cc3)C2=N)sc1C. The number of benzene rings is 1. The number of nitrogens with zero attached hydrogens (tertiary/aromatic N) is 2. The van der Waals surface area contributed by atoms with Gasteiger partial charge in [-0.2, -0.15) is 0 Å². The van der Waals surface area contributed by atoms with Crippen molar-refractivity contribution in [1.29, 1.82) is 5.41 Å². The second kappa shape index (κ2) is 4.96. The highest BCUT2D eigenvalue weighted by Crippen LogP contribution is 2.33. The first kappa shape index (κ1) is 13.8. The van der Waals surface area contributed by atoms with Crippen LogP contribution in [0, 0.1) is 25.1 Å². The molecule has 1 aromatic heterocycles. The van der Waals surface area contributed by atoms with Crippen molar-refractivity contribution in [2.45, 2.75) is 13.8 Å². The first-order chi connectivity index (χ1) is 9.97. The van der Waals surface area contributed by atoms with E-state index in [1.807, 2.05) is 13.8 Å². The van der Waals surface area contributed by atoms with Crippen molar-refractivity contribution < 1.29 is 9.50 Å². The number of aromatic nitrogens is 1. The summed E-state index contributed by atoms with van der Waals surface area (Å²) in [6.45, 7) is 4.07. The van der Waals surface area contributed by atoms with Gasteiger partial charge in [-0.15, -0.1) is 11.3 Å². The van der Waals surface area contributed by atoms with Crippen LogP contribution in [-0.4, -0.2) is 22.5 Å². The lowest BCUT2D eigenvalue weighted by Crippen LogP contribution is -2.25. The molecular formula is C15H14FN3OS. The first-order valence-corrected chi connectivity index (χ1v) is 7.27. The number of thiazole rings is 1. The Morgan fingerprint density at radius 2 is 1.95 bits per heavy atom. The molecule has 1 aliphatic heterocycles. The Morgan fingerprint density at radius 1 is 1.29 bits per heavy atom. The number of nitrogens with one attached hydrogen (secondary N) is 1. The molecule has 2 N–H and O–H groups in total. The van der Waals surface area contributed by atoms with E-state index in [1.165, 1.54) is 23.5 Å². The second-order valence-corrected chi connectivity index (χ2v) is 6.10. The summed E-state index contributed by atoms with van der Waals surface area (Å²) in [5.74, 6) is -0.0148. The van der Waals surface area contributed by atoms with Crippen LogP contribution in [0.2, 0.25) is 0 Å². The van der Waals surface area contributed by atoms with Crippen molar-refractivity contribution in [3.8, 4) is 0 Å². The molecular weight excluding hydrogens is 289 g/mol. The van der Waals surface area contributed by atoms with Crippen molar-refractivity contribution in [3.63, 3.8) is 0 Å². The van der Waals surface area contributed by atoms with Gasteiger partial charge < -0.3 is 10.0 Å². The van der Waals surface area contributed by atoms with E-state index < -0.39 is 0 Å². The Labute approximate surface area is 125 Å². The maximum atomic E-state index is 13.0. The van der Waals surface area contributed by atoms with Crippen molar-refractivity contribution >= 4 is 28.4 Å². The van der Waals surface area contributed by atoms with Gasteiger partial charge in [0, 0.05) is 10.6 Å². The van der Waals surface area contributed by atoms with Crippen LogP contribution in [0.15, 0.2) is 30.0 Å². The van der Waals surface area contributed by atoms with Crippen LogP contribution in [0.4, 0.5) is 10.1 Å². The third-order valence-corrected chi connectivity index (χ3v) is 4.57. The summed E-state index contributed by atoms with van der Waals surface area (Å²) in [4.78, 5) is 7.11. The van der Waals surface area contributed by atoms with Crippen molar-refractivity contribution in [3.05, 3.63) is 51.4 Å². The predicted molar refractivity (Wildman–Crippen MR) is 82.6 cm³/mol. The number of aliphatic hydroxyl groups is 1. The zero-order valence-corrected chi connectivity index (χ0v) is 12.5. The molecule has 21 heavy (non-hydrogen) atoms. The third-order valence-electron chi connectivity index (χ3n) is 3.48. The minimum absolute atomic E-state index is 0.123. The molecule has 0 bridgehead atoms. The molecule has 0 aliphatic carbocycles. The number of hydrogen-bond acceptors (Lipinski definition) is 4. The average Bonchev–Trinajstić information content (AvgIpc) is 2.91. The van der Waals surface area contributed by atoms with Gasteiger partial charge in [-0.05, 0) is 38.1 Å². The second-order valence-electron chi connectivity index (χ2n) is 4.89. The number of aryl methyl sites for hydroxylation is 2. The molecule has 108 valence electrons. The number of rotatable bonds is 2. The lowest BCUT2D eigenvalue weighted by molar-refractivity contribution is 0.411. The van der Waals surface area contributed by atoms with Crippen LogP contribution < -0.4 is 4.90 Å².